The van der Waals surface area contributed by atoms with Crippen LogP contribution in [0, 0.1) is 0 Å². The Kier molecular flexibility index (Phi) is 8.46. The van der Waals surface area contributed by atoms with Crippen molar-refractivity contribution in [1.82, 2.24) is 10.7 Å². The van der Waals surface area contributed by atoms with Gasteiger partial charge in [0.1, 0.15) is 0 Å². The van der Waals surface area contributed by atoms with E-state index in [1.165, 1.54) is 0 Å². The maximum atomic E-state index is 11.2. The second kappa shape index (κ2) is 9.11. The van der Waals surface area contributed by atoms with Crippen LogP contribution in [-0.2, 0) is 9.59 Å². The van der Waals surface area contributed by atoms with E-state index in [4.69, 9.17) is 5.84 Å². The number of aliphatic hydroxyl groups is 1. The number of carbonyl (C=O) groups is 2. The van der Waals surface area contributed by atoms with Gasteiger partial charge in [-0.2, -0.15) is 0 Å². The van der Waals surface area contributed by atoms with Crippen molar-refractivity contribution in [2.75, 3.05) is 6.54 Å². The third kappa shape index (κ3) is 8.19. The molecule has 0 aromatic rings. The molecule has 0 heterocycles. The van der Waals surface area contributed by atoms with Crippen molar-refractivity contribution in [2.24, 2.45) is 5.84 Å². The van der Waals surface area contributed by atoms with Gasteiger partial charge >= 0.3 is 0 Å². The number of nitrogens with one attached hydrogen (secondary N) is 2. The summed E-state index contributed by atoms with van der Waals surface area (Å²) in [6.07, 6.45) is 2.40. The zero-order chi connectivity index (χ0) is 12.4. The monoisotopic (exact) mass is 231 g/mol. The van der Waals surface area contributed by atoms with Crippen molar-refractivity contribution in [3.63, 3.8) is 0 Å². The van der Waals surface area contributed by atoms with E-state index in [1.807, 2.05) is 5.43 Å². The van der Waals surface area contributed by atoms with Crippen LogP contribution in [0.1, 0.15) is 39.0 Å². The minimum absolute atomic E-state index is 0.0817. The van der Waals surface area contributed by atoms with Crippen molar-refractivity contribution in [1.29, 1.82) is 0 Å². The number of carbonyl (C=O) groups excluding carboxylic acids is 2. The molecule has 94 valence electrons. The third-order valence-corrected chi connectivity index (χ3v) is 2.12. The average Bonchev–Trinajstić information content (AvgIpc) is 2.26. The van der Waals surface area contributed by atoms with E-state index in [2.05, 4.69) is 12.2 Å². The van der Waals surface area contributed by atoms with E-state index < -0.39 is 12.0 Å². The first-order valence-electron chi connectivity index (χ1n) is 5.54. The molecular formula is C10H21N3O3. The Morgan fingerprint density at radius 1 is 1.31 bits per heavy atom. The minimum atomic E-state index is -0.890. The van der Waals surface area contributed by atoms with Gasteiger partial charge in [0.15, 0.2) is 0 Å². The molecule has 6 nitrogen and oxygen atoms in total. The zero-order valence-corrected chi connectivity index (χ0v) is 9.66. The summed E-state index contributed by atoms with van der Waals surface area (Å²) in [5.74, 6) is 4.31. The van der Waals surface area contributed by atoms with Crippen LogP contribution >= 0.6 is 0 Å². The van der Waals surface area contributed by atoms with E-state index >= 15 is 0 Å². The highest BCUT2D eigenvalue weighted by Crippen LogP contribution is 1.98. The molecule has 0 bridgehead atoms. The van der Waals surface area contributed by atoms with Gasteiger partial charge < -0.3 is 10.4 Å². The van der Waals surface area contributed by atoms with E-state index in [1.54, 1.807) is 0 Å². The minimum Gasteiger partial charge on any atom is -0.391 e. The van der Waals surface area contributed by atoms with E-state index in [-0.39, 0.29) is 18.9 Å². The van der Waals surface area contributed by atoms with Crippen molar-refractivity contribution < 1.29 is 14.7 Å². The Labute approximate surface area is 95.6 Å². The summed E-state index contributed by atoms with van der Waals surface area (Å²) in [5, 5.41) is 11.9. The van der Waals surface area contributed by atoms with Gasteiger partial charge in [-0.15, -0.1) is 0 Å². The molecule has 0 aromatic carbocycles. The van der Waals surface area contributed by atoms with Gasteiger partial charge in [0.05, 0.1) is 12.5 Å². The molecule has 0 aliphatic carbocycles. The number of unbranched alkanes of at least 4 members (excludes halogenated alkanes) is 2. The summed E-state index contributed by atoms with van der Waals surface area (Å²) in [6, 6.07) is 0. The molecule has 0 aliphatic rings. The summed E-state index contributed by atoms with van der Waals surface area (Å²) < 4.78 is 0. The first-order chi connectivity index (χ1) is 7.60. The molecule has 0 unspecified atom stereocenters. The fraction of sp³-hybridized carbons (Fsp3) is 0.800. The number of hydrazine groups is 1. The Morgan fingerprint density at radius 3 is 2.56 bits per heavy atom. The molecule has 0 fully saturated rings. The number of nitrogens with two attached hydrogens (primary N) is 1. The van der Waals surface area contributed by atoms with Gasteiger partial charge in [-0.25, -0.2) is 5.84 Å². The molecule has 0 saturated carbocycles. The molecule has 16 heavy (non-hydrogen) atoms. The van der Waals surface area contributed by atoms with Crippen LogP contribution in [-0.4, -0.2) is 29.6 Å². The number of aliphatic hydroxyl groups excluding tert-OH is 1. The van der Waals surface area contributed by atoms with Gasteiger partial charge in [-0.05, 0) is 6.42 Å². The highest BCUT2D eigenvalue weighted by Gasteiger charge is 2.10. The summed E-state index contributed by atoms with van der Waals surface area (Å²) >= 11 is 0. The average molecular weight is 231 g/mol. The number of amides is 2. The van der Waals surface area contributed by atoms with Gasteiger partial charge in [0, 0.05) is 13.0 Å². The summed E-state index contributed by atoms with van der Waals surface area (Å²) in [7, 11) is 0. The second-order valence-corrected chi connectivity index (χ2v) is 3.69. The van der Waals surface area contributed by atoms with Crippen LogP contribution in [0.3, 0.4) is 0 Å². The van der Waals surface area contributed by atoms with Crippen molar-refractivity contribution in [3.05, 3.63) is 0 Å². The lowest BCUT2D eigenvalue weighted by Crippen LogP contribution is -2.37. The van der Waals surface area contributed by atoms with Crippen LogP contribution in [0.2, 0.25) is 0 Å². The van der Waals surface area contributed by atoms with Gasteiger partial charge in [0.25, 0.3) is 0 Å². The SMILES string of the molecule is CCCCCC(=O)NC[C@H](O)CC(=O)NN. The lowest BCUT2D eigenvalue weighted by Gasteiger charge is -2.10. The van der Waals surface area contributed by atoms with E-state index in [0.29, 0.717) is 6.42 Å². The predicted octanol–water partition coefficient (Wildman–Crippen LogP) is -0.576. The molecule has 0 spiro atoms. The van der Waals surface area contributed by atoms with E-state index in [9.17, 15) is 14.7 Å². The first kappa shape index (κ1) is 14.9. The largest absolute Gasteiger partial charge is 0.391 e. The Balaban J connectivity index is 3.54. The lowest BCUT2D eigenvalue weighted by molar-refractivity contribution is -0.125. The third-order valence-electron chi connectivity index (χ3n) is 2.12. The van der Waals surface area contributed by atoms with Crippen molar-refractivity contribution in [2.45, 2.75) is 45.1 Å². The maximum absolute atomic E-state index is 11.2. The van der Waals surface area contributed by atoms with Crippen LogP contribution in [0.5, 0.6) is 0 Å². The molecule has 0 radical (unpaired) electrons. The summed E-state index contributed by atoms with van der Waals surface area (Å²) in [4.78, 5) is 22.0. The fourth-order valence-electron chi connectivity index (χ4n) is 1.20. The van der Waals surface area contributed by atoms with Gasteiger partial charge in [-0.3, -0.25) is 15.0 Å². The number of hydrogen-bond acceptors (Lipinski definition) is 4. The Hall–Kier alpha value is -1.14. The van der Waals surface area contributed by atoms with Crippen LogP contribution < -0.4 is 16.6 Å². The van der Waals surface area contributed by atoms with Crippen molar-refractivity contribution in [3.8, 4) is 0 Å². The smallest absolute Gasteiger partial charge is 0.236 e. The molecule has 1 atom stereocenters. The topological polar surface area (TPSA) is 104 Å². The number of rotatable bonds is 8. The van der Waals surface area contributed by atoms with Gasteiger partial charge in [-0.1, -0.05) is 19.8 Å². The fourth-order valence-corrected chi connectivity index (χ4v) is 1.20. The first-order valence-corrected chi connectivity index (χ1v) is 5.54. The highest BCUT2D eigenvalue weighted by molar-refractivity contribution is 5.77. The van der Waals surface area contributed by atoms with Crippen LogP contribution in [0.25, 0.3) is 0 Å². The summed E-state index contributed by atoms with van der Waals surface area (Å²) in [6.45, 7) is 2.14. The molecule has 0 aromatic heterocycles. The van der Waals surface area contributed by atoms with Crippen LogP contribution in [0.15, 0.2) is 0 Å². The molecular weight excluding hydrogens is 210 g/mol. The molecule has 0 aliphatic heterocycles. The molecule has 5 N–H and O–H groups in total. The predicted molar refractivity (Wildman–Crippen MR) is 60.1 cm³/mol. The standard InChI is InChI=1S/C10H21N3O3/c1-2-3-4-5-9(15)12-7-8(14)6-10(16)13-11/h8,14H,2-7,11H2,1H3,(H,12,15)(H,13,16)/t8-/m1/s1. The zero-order valence-electron chi connectivity index (χ0n) is 9.66. The Morgan fingerprint density at radius 2 is 2.00 bits per heavy atom. The van der Waals surface area contributed by atoms with Gasteiger partial charge in [0.2, 0.25) is 11.8 Å². The molecule has 6 heteroatoms. The molecule has 2 amide bonds. The maximum Gasteiger partial charge on any atom is 0.236 e. The molecule has 0 rings (SSSR count). The normalized spacial score (nSPS) is 11.9. The van der Waals surface area contributed by atoms with Crippen LogP contribution in [0.4, 0.5) is 0 Å². The van der Waals surface area contributed by atoms with Crippen molar-refractivity contribution >= 4 is 11.8 Å². The highest BCUT2D eigenvalue weighted by atomic mass is 16.3. The Bertz CT molecular complexity index is 221. The lowest BCUT2D eigenvalue weighted by atomic mass is 10.2. The quantitative estimate of drug-likeness (QED) is 0.194. The molecule has 0 saturated heterocycles. The number of hydrogen-bond donors (Lipinski definition) is 4. The second-order valence-electron chi connectivity index (χ2n) is 3.69. The van der Waals surface area contributed by atoms with E-state index in [0.717, 1.165) is 19.3 Å². The summed E-state index contributed by atoms with van der Waals surface area (Å²) in [5.41, 5.74) is 1.91.